The highest BCUT2D eigenvalue weighted by molar-refractivity contribution is 9.11. The molecular weight excluding hydrogens is 506 g/mol. The largest absolute Gasteiger partial charge is 0.463 e. The number of esters is 1. The highest BCUT2D eigenvalue weighted by atomic mass is 79.9. The minimum atomic E-state index is -3.93. The number of rotatable bonds is 5. The molecule has 1 aliphatic heterocycles. The SMILES string of the molecule is CCOC(=O)C1=CC2(CCC1S(=O)(=O)Nc1c(Br)cccc1Br)OCCO2. The number of sulfonamides is 1. The summed E-state index contributed by atoms with van der Waals surface area (Å²) >= 11 is 6.68. The summed E-state index contributed by atoms with van der Waals surface area (Å²) in [4.78, 5) is 12.5. The third-order valence-electron chi connectivity index (χ3n) is 4.35. The van der Waals surface area contributed by atoms with Gasteiger partial charge in [-0.05, 0) is 63.4 Å². The third kappa shape index (κ3) is 4.40. The van der Waals surface area contributed by atoms with Gasteiger partial charge in [-0.15, -0.1) is 0 Å². The summed E-state index contributed by atoms with van der Waals surface area (Å²) in [6, 6.07) is 5.22. The Bertz CT molecular complexity index is 844. The summed E-state index contributed by atoms with van der Waals surface area (Å²) in [6.45, 7) is 2.60. The second-order valence-corrected chi connectivity index (χ2v) is 9.67. The Hall–Kier alpha value is -0.940. The van der Waals surface area contributed by atoms with Gasteiger partial charge in [-0.1, -0.05) is 6.07 Å². The topological polar surface area (TPSA) is 90.9 Å². The summed E-state index contributed by atoms with van der Waals surface area (Å²) < 4.78 is 46.3. The fourth-order valence-corrected chi connectivity index (χ4v) is 6.16. The maximum Gasteiger partial charge on any atom is 0.335 e. The molecule has 7 nitrogen and oxygen atoms in total. The van der Waals surface area contributed by atoms with Gasteiger partial charge in [0, 0.05) is 15.4 Å². The number of carbonyl (C=O) groups is 1. The van der Waals surface area contributed by atoms with E-state index < -0.39 is 27.0 Å². The maximum absolute atomic E-state index is 13.1. The van der Waals surface area contributed by atoms with Gasteiger partial charge in [0.05, 0.1) is 31.1 Å². The molecule has 1 heterocycles. The lowest BCUT2D eigenvalue weighted by atomic mass is 9.94. The van der Waals surface area contributed by atoms with Crippen molar-refractivity contribution in [3.05, 3.63) is 38.8 Å². The number of hydrogen-bond donors (Lipinski definition) is 1. The summed E-state index contributed by atoms with van der Waals surface area (Å²) in [5.74, 6) is -1.74. The third-order valence-corrected chi connectivity index (χ3v) is 7.40. The molecular formula is C17H19Br2NO6S. The van der Waals surface area contributed by atoms with Gasteiger partial charge in [0.15, 0.2) is 5.79 Å². The molecule has 1 spiro atoms. The van der Waals surface area contributed by atoms with E-state index in [-0.39, 0.29) is 18.6 Å². The van der Waals surface area contributed by atoms with Gasteiger partial charge in [0.1, 0.15) is 5.25 Å². The molecule has 1 aromatic rings. The first-order chi connectivity index (χ1) is 12.8. The van der Waals surface area contributed by atoms with E-state index in [2.05, 4.69) is 36.6 Å². The quantitative estimate of drug-likeness (QED) is 0.594. The lowest BCUT2D eigenvalue weighted by Crippen LogP contribution is -2.42. The van der Waals surface area contributed by atoms with E-state index in [1.807, 2.05) is 0 Å². The first kappa shape index (κ1) is 20.8. The molecule has 1 aromatic carbocycles. The Morgan fingerprint density at radius 1 is 1.30 bits per heavy atom. The molecule has 0 amide bonds. The highest BCUT2D eigenvalue weighted by Crippen LogP contribution is 2.39. The molecule has 10 heteroatoms. The van der Waals surface area contributed by atoms with E-state index in [1.165, 1.54) is 6.08 Å². The Labute approximate surface area is 174 Å². The standard InChI is InChI=1S/C17H19Br2NO6S/c1-2-24-16(21)11-10-17(25-8-9-26-17)7-6-14(11)27(22,23)20-15-12(18)4-3-5-13(15)19/h3-5,10,14,20H,2,6-9H2,1H3. The van der Waals surface area contributed by atoms with Crippen molar-refractivity contribution in [2.45, 2.75) is 30.8 Å². The van der Waals surface area contributed by atoms with Gasteiger partial charge >= 0.3 is 5.97 Å². The molecule has 148 valence electrons. The number of anilines is 1. The fourth-order valence-electron chi connectivity index (χ4n) is 3.12. The van der Waals surface area contributed by atoms with Crippen molar-refractivity contribution in [2.24, 2.45) is 0 Å². The molecule has 1 unspecified atom stereocenters. The second-order valence-electron chi connectivity index (χ2n) is 6.10. The highest BCUT2D eigenvalue weighted by Gasteiger charge is 2.46. The van der Waals surface area contributed by atoms with Crippen LogP contribution in [0.25, 0.3) is 0 Å². The molecule has 1 atom stereocenters. The number of nitrogens with one attached hydrogen (secondary N) is 1. The number of benzene rings is 1. The zero-order valence-corrected chi connectivity index (χ0v) is 18.5. The molecule has 27 heavy (non-hydrogen) atoms. The van der Waals surface area contributed by atoms with Crippen molar-refractivity contribution in [1.29, 1.82) is 0 Å². The van der Waals surface area contributed by atoms with Crippen molar-refractivity contribution in [1.82, 2.24) is 0 Å². The Balaban J connectivity index is 1.96. The van der Waals surface area contributed by atoms with E-state index >= 15 is 0 Å². The van der Waals surface area contributed by atoms with E-state index in [4.69, 9.17) is 14.2 Å². The van der Waals surface area contributed by atoms with Gasteiger partial charge in [0.25, 0.3) is 0 Å². The van der Waals surface area contributed by atoms with Crippen LogP contribution in [0.2, 0.25) is 0 Å². The van der Waals surface area contributed by atoms with Crippen LogP contribution in [0.3, 0.4) is 0 Å². The zero-order valence-electron chi connectivity index (χ0n) is 14.5. The van der Waals surface area contributed by atoms with Gasteiger partial charge < -0.3 is 14.2 Å². The number of para-hydroxylation sites is 1. The van der Waals surface area contributed by atoms with Crippen LogP contribution in [0.15, 0.2) is 38.8 Å². The van der Waals surface area contributed by atoms with Gasteiger partial charge in [-0.3, -0.25) is 4.72 Å². The molecule has 1 saturated heterocycles. The molecule has 1 fully saturated rings. The summed E-state index contributed by atoms with van der Waals surface area (Å²) in [5, 5.41) is -1.08. The first-order valence-corrected chi connectivity index (χ1v) is 11.5. The zero-order chi connectivity index (χ0) is 19.7. The van der Waals surface area contributed by atoms with E-state index in [0.29, 0.717) is 34.3 Å². The van der Waals surface area contributed by atoms with E-state index in [1.54, 1.807) is 25.1 Å². The van der Waals surface area contributed by atoms with Crippen LogP contribution in [0.1, 0.15) is 19.8 Å². The Morgan fingerprint density at radius 2 is 1.93 bits per heavy atom. The lowest BCUT2D eigenvalue weighted by Gasteiger charge is -2.33. The van der Waals surface area contributed by atoms with Crippen molar-refractivity contribution in [3.63, 3.8) is 0 Å². The minimum absolute atomic E-state index is 0.0284. The molecule has 0 bridgehead atoms. The lowest BCUT2D eigenvalue weighted by molar-refractivity contribution is -0.143. The Morgan fingerprint density at radius 3 is 2.52 bits per heavy atom. The summed E-state index contributed by atoms with van der Waals surface area (Å²) in [7, 11) is -3.93. The smallest absolute Gasteiger partial charge is 0.335 e. The van der Waals surface area contributed by atoms with Crippen LogP contribution >= 0.6 is 31.9 Å². The molecule has 0 aromatic heterocycles. The van der Waals surface area contributed by atoms with Gasteiger partial charge in [-0.25, -0.2) is 13.2 Å². The molecule has 3 rings (SSSR count). The molecule has 1 aliphatic carbocycles. The van der Waals surface area contributed by atoms with Crippen LogP contribution in [-0.2, 0) is 29.0 Å². The predicted molar refractivity (Wildman–Crippen MR) is 107 cm³/mol. The second kappa shape index (κ2) is 8.20. The average Bonchev–Trinajstić information content (AvgIpc) is 3.06. The van der Waals surface area contributed by atoms with Crippen LogP contribution in [0.4, 0.5) is 5.69 Å². The molecule has 0 saturated carbocycles. The van der Waals surface area contributed by atoms with E-state index in [0.717, 1.165) is 0 Å². The maximum atomic E-state index is 13.1. The molecule has 1 N–H and O–H groups in total. The monoisotopic (exact) mass is 523 g/mol. The number of carbonyl (C=O) groups excluding carboxylic acids is 1. The van der Waals surface area contributed by atoms with Crippen LogP contribution in [0, 0.1) is 0 Å². The van der Waals surface area contributed by atoms with Crippen LogP contribution in [-0.4, -0.2) is 45.2 Å². The fraction of sp³-hybridized carbons (Fsp3) is 0.471. The van der Waals surface area contributed by atoms with Gasteiger partial charge in [0.2, 0.25) is 10.0 Å². The van der Waals surface area contributed by atoms with Crippen molar-refractivity contribution < 1.29 is 27.4 Å². The average molecular weight is 525 g/mol. The first-order valence-electron chi connectivity index (χ1n) is 8.41. The minimum Gasteiger partial charge on any atom is -0.463 e. The normalized spacial score (nSPS) is 21.7. The van der Waals surface area contributed by atoms with Gasteiger partial charge in [-0.2, -0.15) is 0 Å². The number of hydrogen-bond acceptors (Lipinski definition) is 6. The summed E-state index contributed by atoms with van der Waals surface area (Å²) in [5.41, 5.74) is 0.398. The molecule has 0 radical (unpaired) electrons. The number of halogens is 2. The Kier molecular flexibility index (Phi) is 6.31. The van der Waals surface area contributed by atoms with Crippen molar-refractivity contribution in [2.75, 3.05) is 24.5 Å². The molecule has 2 aliphatic rings. The van der Waals surface area contributed by atoms with E-state index in [9.17, 15) is 13.2 Å². The van der Waals surface area contributed by atoms with Crippen molar-refractivity contribution in [3.8, 4) is 0 Å². The summed E-state index contributed by atoms with van der Waals surface area (Å²) in [6.07, 6.45) is 1.96. The van der Waals surface area contributed by atoms with Crippen LogP contribution < -0.4 is 4.72 Å². The van der Waals surface area contributed by atoms with Crippen molar-refractivity contribution >= 4 is 53.5 Å². The van der Waals surface area contributed by atoms with Crippen LogP contribution in [0.5, 0.6) is 0 Å². The number of ether oxygens (including phenoxy) is 3. The predicted octanol–water partition coefficient (Wildman–Crippen LogP) is 3.35.